The van der Waals surface area contributed by atoms with Gasteiger partial charge in [-0.15, -0.1) is 0 Å². The molecule has 0 saturated carbocycles. The van der Waals surface area contributed by atoms with E-state index in [9.17, 15) is 5.11 Å². The summed E-state index contributed by atoms with van der Waals surface area (Å²) >= 11 is 0. The number of hydrogen-bond donors (Lipinski definition) is 2. The highest BCUT2D eigenvalue weighted by atomic mass is 16.5. The molecule has 0 aliphatic heterocycles. The summed E-state index contributed by atoms with van der Waals surface area (Å²) in [6, 6.07) is 0.512. The summed E-state index contributed by atoms with van der Waals surface area (Å²) in [4.78, 5) is 2.29. The number of ether oxygens (including phenoxy) is 2. The largest absolute Gasteiger partial charge is 0.389 e. The van der Waals surface area contributed by atoms with Gasteiger partial charge < -0.3 is 20.3 Å². The molecule has 0 saturated heterocycles. The predicted molar refractivity (Wildman–Crippen MR) is 73.7 cm³/mol. The minimum atomic E-state index is -0.822. The van der Waals surface area contributed by atoms with E-state index in [1.165, 1.54) is 0 Å². The maximum Gasteiger partial charge on any atom is 0.0756 e. The second kappa shape index (κ2) is 8.82. The molecule has 0 fully saturated rings. The highest BCUT2D eigenvalue weighted by Crippen LogP contribution is 2.17. The Morgan fingerprint density at radius 1 is 1.22 bits per heavy atom. The van der Waals surface area contributed by atoms with Crippen LogP contribution in [-0.4, -0.2) is 68.2 Å². The van der Waals surface area contributed by atoms with Gasteiger partial charge in [0.1, 0.15) is 0 Å². The molecule has 18 heavy (non-hydrogen) atoms. The van der Waals surface area contributed by atoms with Crippen LogP contribution in [0.1, 0.15) is 27.2 Å². The van der Waals surface area contributed by atoms with E-state index in [1.54, 1.807) is 21.1 Å². The van der Waals surface area contributed by atoms with E-state index in [0.717, 1.165) is 6.54 Å². The molecule has 0 aromatic carbocycles. The average Bonchev–Trinajstić information content (AvgIpc) is 2.29. The lowest BCUT2D eigenvalue weighted by Gasteiger charge is -2.37. The van der Waals surface area contributed by atoms with Crippen LogP contribution in [0, 0.1) is 0 Å². The molecule has 0 bridgehead atoms. The van der Waals surface area contributed by atoms with Crippen molar-refractivity contribution < 1.29 is 14.6 Å². The van der Waals surface area contributed by atoms with Crippen molar-refractivity contribution in [2.75, 3.05) is 40.5 Å². The standard InChI is InChI=1S/C13H30N2O3/c1-11(8-13(3,16)10-14)15(6-7-17-4)12(2)9-18-5/h11-12,16H,6-10,14H2,1-5H3. The van der Waals surface area contributed by atoms with Gasteiger partial charge in [0.25, 0.3) is 0 Å². The van der Waals surface area contributed by atoms with Crippen molar-refractivity contribution in [1.29, 1.82) is 0 Å². The number of methoxy groups -OCH3 is 2. The Hall–Kier alpha value is -0.200. The fourth-order valence-electron chi connectivity index (χ4n) is 2.25. The van der Waals surface area contributed by atoms with Crippen LogP contribution in [0.15, 0.2) is 0 Å². The number of aliphatic hydroxyl groups is 1. The molecule has 0 aliphatic carbocycles. The van der Waals surface area contributed by atoms with Crippen LogP contribution in [0.4, 0.5) is 0 Å². The van der Waals surface area contributed by atoms with Crippen LogP contribution in [-0.2, 0) is 9.47 Å². The van der Waals surface area contributed by atoms with E-state index in [-0.39, 0.29) is 18.6 Å². The van der Waals surface area contributed by atoms with Crippen molar-refractivity contribution in [3.8, 4) is 0 Å². The highest BCUT2D eigenvalue weighted by Gasteiger charge is 2.27. The third-order valence-electron chi connectivity index (χ3n) is 3.27. The Balaban J connectivity index is 4.52. The van der Waals surface area contributed by atoms with Gasteiger partial charge in [0.15, 0.2) is 0 Å². The summed E-state index contributed by atoms with van der Waals surface area (Å²) in [5.41, 5.74) is 4.75. The molecule has 3 atom stereocenters. The third-order valence-corrected chi connectivity index (χ3v) is 3.27. The lowest BCUT2D eigenvalue weighted by atomic mass is 9.96. The second-order valence-corrected chi connectivity index (χ2v) is 5.29. The smallest absolute Gasteiger partial charge is 0.0756 e. The molecule has 0 aromatic heterocycles. The maximum absolute atomic E-state index is 10.1. The van der Waals surface area contributed by atoms with Gasteiger partial charge in [-0.25, -0.2) is 0 Å². The first-order valence-corrected chi connectivity index (χ1v) is 6.54. The Morgan fingerprint density at radius 3 is 2.28 bits per heavy atom. The minimum absolute atomic E-state index is 0.226. The van der Waals surface area contributed by atoms with Crippen LogP contribution < -0.4 is 5.73 Å². The maximum atomic E-state index is 10.1. The number of nitrogens with two attached hydrogens (primary N) is 1. The molecule has 0 heterocycles. The number of nitrogens with zero attached hydrogens (tertiary/aromatic N) is 1. The first kappa shape index (κ1) is 17.8. The van der Waals surface area contributed by atoms with Gasteiger partial charge in [-0.1, -0.05) is 0 Å². The van der Waals surface area contributed by atoms with E-state index in [2.05, 4.69) is 18.7 Å². The Labute approximate surface area is 111 Å². The summed E-state index contributed by atoms with van der Waals surface area (Å²) < 4.78 is 10.3. The normalized spacial score (nSPS) is 18.7. The number of rotatable bonds is 10. The summed E-state index contributed by atoms with van der Waals surface area (Å²) in [5.74, 6) is 0. The van der Waals surface area contributed by atoms with Crippen LogP contribution in [0.5, 0.6) is 0 Å². The zero-order valence-electron chi connectivity index (χ0n) is 12.5. The van der Waals surface area contributed by atoms with E-state index >= 15 is 0 Å². The summed E-state index contributed by atoms with van der Waals surface area (Å²) in [6.45, 7) is 8.43. The van der Waals surface area contributed by atoms with E-state index in [4.69, 9.17) is 15.2 Å². The van der Waals surface area contributed by atoms with E-state index in [1.807, 2.05) is 0 Å². The molecule has 3 unspecified atom stereocenters. The van der Waals surface area contributed by atoms with Gasteiger partial charge in [-0.2, -0.15) is 0 Å². The molecule has 5 nitrogen and oxygen atoms in total. The summed E-state index contributed by atoms with van der Waals surface area (Å²) in [7, 11) is 3.39. The van der Waals surface area contributed by atoms with Crippen LogP contribution in [0.25, 0.3) is 0 Å². The van der Waals surface area contributed by atoms with E-state index in [0.29, 0.717) is 19.6 Å². The van der Waals surface area contributed by atoms with Gasteiger partial charge in [-0.3, -0.25) is 4.90 Å². The molecule has 3 N–H and O–H groups in total. The predicted octanol–water partition coefficient (Wildman–Crippen LogP) is 0.458. The van der Waals surface area contributed by atoms with Crippen LogP contribution in [0.2, 0.25) is 0 Å². The SMILES string of the molecule is COCCN(C(C)COC)C(C)CC(C)(O)CN. The molecule has 5 heteroatoms. The van der Waals surface area contributed by atoms with Crippen molar-refractivity contribution in [2.24, 2.45) is 5.73 Å². The molecule has 0 rings (SSSR count). The lowest BCUT2D eigenvalue weighted by molar-refractivity contribution is -0.0000852. The van der Waals surface area contributed by atoms with Crippen molar-refractivity contribution >= 4 is 0 Å². The molecular formula is C13H30N2O3. The first-order valence-electron chi connectivity index (χ1n) is 6.54. The minimum Gasteiger partial charge on any atom is -0.389 e. The van der Waals surface area contributed by atoms with Crippen molar-refractivity contribution in [3.05, 3.63) is 0 Å². The Kier molecular flexibility index (Phi) is 8.73. The molecule has 110 valence electrons. The zero-order valence-corrected chi connectivity index (χ0v) is 12.5. The van der Waals surface area contributed by atoms with Crippen molar-refractivity contribution in [2.45, 2.75) is 44.9 Å². The highest BCUT2D eigenvalue weighted by molar-refractivity contribution is 4.83. The average molecular weight is 262 g/mol. The topological polar surface area (TPSA) is 68.0 Å². The van der Waals surface area contributed by atoms with Gasteiger partial charge in [0, 0.05) is 39.4 Å². The van der Waals surface area contributed by atoms with Crippen LogP contribution in [0.3, 0.4) is 0 Å². The fourth-order valence-corrected chi connectivity index (χ4v) is 2.25. The van der Waals surface area contributed by atoms with Crippen molar-refractivity contribution in [1.82, 2.24) is 4.90 Å². The molecular weight excluding hydrogens is 232 g/mol. The fraction of sp³-hybridized carbons (Fsp3) is 1.00. The Bertz CT molecular complexity index is 212. The molecule has 0 spiro atoms. The zero-order chi connectivity index (χ0) is 14.2. The quantitative estimate of drug-likeness (QED) is 0.598. The van der Waals surface area contributed by atoms with Crippen molar-refractivity contribution in [3.63, 3.8) is 0 Å². The molecule has 0 aliphatic rings. The monoisotopic (exact) mass is 262 g/mol. The molecule has 0 aromatic rings. The second-order valence-electron chi connectivity index (χ2n) is 5.29. The van der Waals surface area contributed by atoms with Gasteiger partial charge in [-0.05, 0) is 27.2 Å². The van der Waals surface area contributed by atoms with Gasteiger partial charge in [0.05, 0.1) is 18.8 Å². The summed E-state index contributed by atoms with van der Waals surface area (Å²) in [6.07, 6.45) is 0.640. The first-order chi connectivity index (χ1) is 8.37. The third kappa shape index (κ3) is 6.66. The molecule has 0 radical (unpaired) electrons. The Morgan fingerprint density at radius 2 is 1.83 bits per heavy atom. The van der Waals surface area contributed by atoms with Gasteiger partial charge >= 0.3 is 0 Å². The van der Waals surface area contributed by atoms with E-state index < -0.39 is 5.60 Å². The van der Waals surface area contributed by atoms with Crippen LogP contribution >= 0.6 is 0 Å². The number of hydrogen-bond acceptors (Lipinski definition) is 5. The summed E-state index contributed by atoms with van der Waals surface area (Å²) in [5, 5.41) is 10.1. The van der Waals surface area contributed by atoms with Gasteiger partial charge in [0.2, 0.25) is 0 Å². The molecule has 0 amide bonds. The lowest BCUT2D eigenvalue weighted by Crippen LogP contribution is -2.48.